The first-order valence-corrected chi connectivity index (χ1v) is 8.78. The molecule has 0 atom stereocenters. The zero-order chi connectivity index (χ0) is 18.7. The van der Waals surface area contributed by atoms with Crippen LogP contribution in [0.4, 0.5) is 5.69 Å². The second-order valence-corrected chi connectivity index (χ2v) is 7.64. The van der Waals surface area contributed by atoms with Gasteiger partial charge < -0.3 is 5.32 Å². The van der Waals surface area contributed by atoms with Crippen molar-refractivity contribution in [3.05, 3.63) is 78.0 Å². The molecule has 0 unspecified atom stereocenters. The Morgan fingerprint density at radius 3 is 2.38 bits per heavy atom. The highest BCUT2D eigenvalue weighted by Gasteiger charge is 2.09. The first-order chi connectivity index (χ1) is 12.3. The van der Waals surface area contributed by atoms with Crippen LogP contribution in [-0.4, -0.2) is 10.9 Å². The number of aromatic nitrogens is 1. The van der Waals surface area contributed by atoms with Gasteiger partial charge in [-0.25, -0.2) is 0 Å². The van der Waals surface area contributed by atoms with E-state index in [1.54, 1.807) is 6.20 Å². The van der Waals surface area contributed by atoms with Gasteiger partial charge in [0.25, 0.3) is 5.91 Å². The lowest BCUT2D eigenvalue weighted by Gasteiger charge is -2.14. The molecule has 0 fully saturated rings. The molecule has 0 spiro atoms. The van der Waals surface area contributed by atoms with Crippen LogP contribution in [0.3, 0.4) is 0 Å². The number of pyridine rings is 1. The lowest BCUT2D eigenvalue weighted by molar-refractivity contribution is 0.102. The molecule has 0 aliphatic heterocycles. The number of rotatable bonds is 3. The van der Waals surface area contributed by atoms with Crippen LogP contribution in [-0.2, 0) is 0 Å². The van der Waals surface area contributed by atoms with E-state index in [0.717, 1.165) is 22.2 Å². The molecule has 0 aliphatic carbocycles. The number of amides is 1. The standard InChI is InChI=1S/C23H24N2O/c1-16(15-23(2,3)4)17-7-9-18(10-8-17)22(26)25-20-11-12-21-19(14-20)6-5-13-24-21/h5-15H,1-4H3,(H,25,26)/b16-15+. The van der Waals surface area contributed by atoms with Gasteiger partial charge in [-0.3, -0.25) is 9.78 Å². The van der Waals surface area contributed by atoms with Crippen LogP contribution in [0, 0.1) is 5.41 Å². The molecule has 0 radical (unpaired) electrons. The highest BCUT2D eigenvalue weighted by atomic mass is 16.1. The summed E-state index contributed by atoms with van der Waals surface area (Å²) in [6.45, 7) is 8.63. The van der Waals surface area contributed by atoms with Crippen LogP contribution in [0.15, 0.2) is 66.9 Å². The number of allylic oxidation sites excluding steroid dienone is 2. The van der Waals surface area contributed by atoms with Crippen LogP contribution < -0.4 is 5.32 Å². The maximum atomic E-state index is 12.5. The Bertz CT molecular complexity index is 963. The van der Waals surface area contributed by atoms with E-state index in [9.17, 15) is 4.79 Å². The largest absolute Gasteiger partial charge is 0.322 e. The van der Waals surface area contributed by atoms with E-state index in [0.29, 0.717) is 5.56 Å². The van der Waals surface area contributed by atoms with Gasteiger partial charge in [-0.2, -0.15) is 0 Å². The summed E-state index contributed by atoms with van der Waals surface area (Å²) in [7, 11) is 0. The molecule has 26 heavy (non-hydrogen) atoms. The van der Waals surface area contributed by atoms with Crippen LogP contribution >= 0.6 is 0 Å². The minimum absolute atomic E-state index is 0.114. The van der Waals surface area contributed by atoms with Gasteiger partial charge in [0.05, 0.1) is 5.52 Å². The van der Waals surface area contributed by atoms with Gasteiger partial charge in [0, 0.05) is 22.8 Å². The summed E-state index contributed by atoms with van der Waals surface area (Å²) in [5.74, 6) is -0.114. The van der Waals surface area contributed by atoms with Gasteiger partial charge >= 0.3 is 0 Å². The Hall–Kier alpha value is -2.94. The number of carbonyl (C=O) groups excluding carboxylic acids is 1. The number of nitrogens with one attached hydrogen (secondary N) is 1. The molecule has 1 heterocycles. The third-order valence-electron chi connectivity index (χ3n) is 4.11. The van der Waals surface area contributed by atoms with Crippen molar-refractivity contribution in [3.8, 4) is 0 Å². The normalized spacial score (nSPS) is 12.2. The monoisotopic (exact) mass is 344 g/mol. The summed E-state index contributed by atoms with van der Waals surface area (Å²) in [5, 5.41) is 3.96. The van der Waals surface area contributed by atoms with Crippen LogP contribution in [0.5, 0.6) is 0 Å². The molecule has 3 rings (SSSR count). The van der Waals surface area contributed by atoms with Gasteiger partial charge in [-0.15, -0.1) is 0 Å². The Kier molecular flexibility index (Phi) is 4.90. The second-order valence-electron chi connectivity index (χ2n) is 7.64. The smallest absolute Gasteiger partial charge is 0.255 e. The average Bonchev–Trinajstić information content (AvgIpc) is 2.60. The number of carbonyl (C=O) groups is 1. The van der Waals surface area contributed by atoms with Crippen molar-refractivity contribution in [3.63, 3.8) is 0 Å². The van der Waals surface area contributed by atoms with Crippen molar-refractivity contribution in [1.29, 1.82) is 0 Å². The number of nitrogens with zero attached hydrogens (tertiary/aromatic N) is 1. The molecule has 0 saturated carbocycles. The molecular formula is C23H24N2O. The molecule has 0 bridgehead atoms. The average molecular weight is 344 g/mol. The first kappa shape index (κ1) is 17.9. The fourth-order valence-corrected chi connectivity index (χ4v) is 2.97. The summed E-state index contributed by atoms with van der Waals surface area (Å²) in [6, 6.07) is 17.3. The minimum Gasteiger partial charge on any atom is -0.322 e. The fourth-order valence-electron chi connectivity index (χ4n) is 2.97. The second kappa shape index (κ2) is 7.12. The third-order valence-corrected chi connectivity index (χ3v) is 4.11. The lowest BCUT2D eigenvalue weighted by Crippen LogP contribution is -2.11. The van der Waals surface area contributed by atoms with Gasteiger partial charge in [-0.1, -0.05) is 45.0 Å². The molecular weight excluding hydrogens is 320 g/mol. The van der Waals surface area contributed by atoms with E-state index < -0.39 is 0 Å². The Labute approximate surface area is 154 Å². The summed E-state index contributed by atoms with van der Waals surface area (Å²) in [6.07, 6.45) is 4.00. The Balaban J connectivity index is 1.76. The van der Waals surface area contributed by atoms with E-state index in [2.05, 4.69) is 44.1 Å². The maximum Gasteiger partial charge on any atom is 0.255 e. The highest BCUT2D eigenvalue weighted by Crippen LogP contribution is 2.24. The molecule has 1 aromatic heterocycles. The van der Waals surface area contributed by atoms with Gasteiger partial charge in [0.15, 0.2) is 0 Å². The predicted molar refractivity (Wildman–Crippen MR) is 109 cm³/mol. The van der Waals surface area contributed by atoms with Crippen LogP contribution in [0.2, 0.25) is 0 Å². The molecule has 132 valence electrons. The van der Waals surface area contributed by atoms with Gasteiger partial charge in [0.1, 0.15) is 0 Å². The minimum atomic E-state index is -0.114. The molecule has 2 aromatic carbocycles. The zero-order valence-corrected chi connectivity index (χ0v) is 15.7. The van der Waals surface area contributed by atoms with E-state index in [1.807, 2.05) is 54.6 Å². The summed E-state index contributed by atoms with van der Waals surface area (Å²) >= 11 is 0. The molecule has 0 aliphatic rings. The fraction of sp³-hybridized carbons (Fsp3) is 0.217. The third kappa shape index (κ3) is 4.37. The summed E-state index contributed by atoms with van der Waals surface area (Å²) < 4.78 is 0. The van der Waals surface area contributed by atoms with Crippen molar-refractivity contribution in [1.82, 2.24) is 4.98 Å². The molecule has 3 aromatic rings. The van der Waals surface area contributed by atoms with E-state index in [4.69, 9.17) is 0 Å². The molecule has 1 amide bonds. The number of benzene rings is 2. The SMILES string of the molecule is C/C(=C\C(C)(C)C)c1ccc(C(=O)Nc2ccc3ncccc3c2)cc1. The van der Waals surface area contributed by atoms with Crippen LogP contribution in [0.1, 0.15) is 43.6 Å². The van der Waals surface area contributed by atoms with Gasteiger partial charge in [-0.05, 0) is 59.9 Å². The van der Waals surface area contributed by atoms with Crippen molar-refractivity contribution in [2.45, 2.75) is 27.7 Å². The quantitative estimate of drug-likeness (QED) is 0.639. The maximum absolute atomic E-state index is 12.5. The number of hydrogen-bond donors (Lipinski definition) is 1. The van der Waals surface area contributed by atoms with Gasteiger partial charge in [0.2, 0.25) is 0 Å². The number of anilines is 1. The molecule has 0 saturated heterocycles. The van der Waals surface area contributed by atoms with Crippen molar-refractivity contribution in [2.75, 3.05) is 5.32 Å². The van der Waals surface area contributed by atoms with Crippen LogP contribution in [0.25, 0.3) is 16.5 Å². The van der Waals surface area contributed by atoms with Crippen molar-refractivity contribution in [2.24, 2.45) is 5.41 Å². The highest BCUT2D eigenvalue weighted by molar-refractivity contribution is 6.05. The van der Waals surface area contributed by atoms with Crippen molar-refractivity contribution < 1.29 is 4.79 Å². The molecule has 1 N–H and O–H groups in total. The lowest BCUT2D eigenvalue weighted by atomic mass is 9.91. The first-order valence-electron chi connectivity index (χ1n) is 8.78. The summed E-state index contributed by atoms with van der Waals surface area (Å²) in [5.41, 5.74) is 4.80. The Morgan fingerprint density at radius 1 is 1.00 bits per heavy atom. The van der Waals surface area contributed by atoms with E-state index in [-0.39, 0.29) is 11.3 Å². The predicted octanol–water partition coefficient (Wildman–Crippen LogP) is 5.94. The Morgan fingerprint density at radius 2 is 1.69 bits per heavy atom. The number of fused-ring (bicyclic) bond motifs is 1. The van der Waals surface area contributed by atoms with Crippen molar-refractivity contribution >= 4 is 28.1 Å². The zero-order valence-electron chi connectivity index (χ0n) is 15.7. The number of hydrogen-bond acceptors (Lipinski definition) is 2. The molecule has 3 nitrogen and oxygen atoms in total. The van der Waals surface area contributed by atoms with E-state index in [1.165, 1.54) is 5.57 Å². The topological polar surface area (TPSA) is 42.0 Å². The van der Waals surface area contributed by atoms with E-state index >= 15 is 0 Å². The summed E-state index contributed by atoms with van der Waals surface area (Å²) in [4.78, 5) is 16.8. The molecule has 3 heteroatoms.